The van der Waals surface area contributed by atoms with E-state index in [9.17, 15) is 14.4 Å². The number of hydrogen-bond acceptors (Lipinski definition) is 5. The number of anilines is 2. The summed E-state index contributed by atoms with van der Waals surface area (Å²) in [6, 6.07) is 11.7. The smallest absolute Gasteiger partial charge is 0.350 e. The topological polar surface area (TPSA) is 84.5 Å². The minimum absolute atomic E-state index is 0.190. The van der Waals surface area contributed by atoms with Crippen LogP contribution < -0.4 is 10.6 Å². The Morgan fingerprint density at radius 1 is 1.00 bits per heavy atom. The molecule has 9 heteroatoms. The Morgan fingerprint density at radius 3 is 2.24 bits per heavy atom. The number of hydrogen-bond donors (Lipinski definition) is 2. The third-order valence-electron chi connectivity index (χ3n) is 3.90. The summed E-state index contributed by atoms with van der Waals surface area (Å²) in [7, 11) is 0. The molecule has 150 valence electrons. The predicted octanol–water partition coefficient (Wildman–Crippen LogP) is 5.35. The number of carbonyl (C=O) groups excluding carboxylic acids is 3. The summed E-state index contributed by atoms with van der Waals surface area (Å²) in [6.45, 7) is 2.88. The van der Waals surface area contributed by atoms with E-state index in [2.05, 4.69) is 10.6 Å². The Balaban J connectivity index is 1.65. The highest BCUT2D eigenvalue weighted by Crippen LogP contribution is 2.37. The maximum Gasteiger partial charge on any atom is 0.350 e. The third kappa shape index (κ3) is 5.06. The van der Waals surface area contributed by atoms with Crippen molar-refractivity contribution in [2.45, 2.75) is 20.0 Å². The van der Waals surface area contributed by atoms with E-state index in [1.807, 2.05) is 0 Å². The molecule has 2 amide bonds. The number of halogens is 2. The number of nitrogens with one attached hydrogen (secondary N) is 2. The SMILES string of the molecule is CC(=O)Nc1ccc(NC(=O)C(C)OC(=O)c2sc3cc(Cl)ccc3c2Cl)cc1. The van der Waals surface area contributed by atoms with Crippen LogP contribution in [-0.4, -0.2) is 23.9 Å². The lowest BCUT2D eigenvalue weighted by Gasteiger charge is -2.13. The molecule has 0 aliphatic carbocycles. The number of ether oxygens (including phenoxy) is 1. The van der Waals surface area contributed by atoms with Gasteiger partial charge in [0, 0.05) is 33.4 Å². The zero-order chi connectivity index (χ0) is 21.1. The van der Waals surface area contributed by atoms with E-state index >= 15 is 0 Å². The van der Waals surface area contributed by atoms with Gasteiger partial charge < -0.3 is 15.4 Å². The van der Waals surface area contributed by atoms with Crippen molar-refractivity contribution >= 4 is 73.8 Å². The van der Waals surface area contributed by atoms with Crippen molar-refractivity contribution in [3.63, 3.8) is 0 Å². The van der Waals surface area contributed by atoms with Gasteiger partial charge in [0.2, 0.25) is 5.91 Å². The highest BCUT2D eigenvalue weighted by Gasteiger charge is 2.23. The molecule has 1 aromatic heterocycles. The summed E-state index contributed by atoms with van der Waals surface area (Å²) in [5.41, 5.74) is 1.11. The number of amides is 2. The lowest BCUT2D eigenvalue weighted by molar-refractivity contribution is -0.123. The predicted molar refractivity (Wildman–Crippen MR) is 116 cm³/mol. The van der Waals surface area contributed by atoms with Gasteiger partial charge >= 0.3 is 5.97 Å². The molecule has 0 spiro atoms. The number of benzene rings is 2. The first-order valence-corrected chi connectivity index (χ1v) is 10.1. The van der Waals surface area contributed by atoms with Crippen molar-refractivity contribution < 1.29 is 19.1 Å². The van der Waals surface area contributed by atoms with Gasteiger partial charge in [0.25, 0.3) is 5.91 Å². The first kappa shape index (κ1) is 21.1. The minimum atomic E-state index is -1.04. The van der Waals surface area contributed by atoms with E-state index in [4.69, 9.17) is 27.9 Å². The van der Waals surface area contributed by atoms with Gasteiger partial charge in [-0.15, -0.1) is 11.3 Å². The van der Waals surface area contributed by atoms with Crippen LogP contribution in [0.15, 0.2) is 42.5 Å². The molecule has 0 bridgehead atoms. The zero-order valence-corrected chi connectivity index (χ0v) is 17.7. The normalized spacial score (nSPS) is 11.7. The fourth-order valence-corrected chi connectivity index (χ4v) is 4.19. The van der Waals surface area contributed by atoms with Crippen molar-refractivity contribution in [2.75, 3.05) is 10.6 Å². The second-order valence-electron chi connectivity index (χ2n) is 6.18. The second-order valence-corrected chi connectivity index (χ2v) is 8.05. The van der Waals surface area contributed by atoms with Gasteiger partial charge in [-0.3, -0.25) is 9.59 Å². The quantitative estimate of drug-likeness (QED) is 0.513. The molecule has 29 heavy (non-hydrogen) atoms. The molecule has 0 radical (unpaired) electrons. The molecule has 6 nitrogen and oxygen atoms in total. The maximum atomic E-state index is 12.5. The molecule has 3 rings (SSSR count). The zero-order valence-electron chi connectivity index (χ0n) is 15.4. The lowest BCUT2D eigenvalue weighted by Crippen LogP contribution is -2.29. The minimum Gasteiger partial charge on any atom is -0.448 e. The molecule has 2 N–H and O–H groups in total. The van der Waals surface area contributed by atoms with Crippen molar-refractivity contribution in [2.24, 2.45) is 0 Å². The van der Waals surface area contributed by atoms with E-state index in [1.54, 1.807) is 42.5 Å². The van der Waals surface area contributed by atoms with Gasteiger partial charge in [-0.25, -0.2) is 4.79 Å². The van der Waals surface area contributed by atoms with Gasteiger partial charge in [0.1, 0.15) is 4.88 Å². The van der Waals surface area contributed by atoms with E-state index in [0.29, 0.717) is 21.8 Å². The van der Waals surface area contributed by atoms with Crippen molar-refractivity contribution in [3.8, 4) is 0 Å². The number of thiophene rings is 1. The molecule has 1 unspecified atom stereocenters. The van der Waals surface area contributed by atoms with E-state index in [0.717, 1.165) is 16.0 Å². The number of rotatable bonds is 5. The van der Waals surface area contributed by atoms with Gasteiger partial charge in [-0.1, -0.05) is 29.3 Å². The van der Waals surface area contributed by atoms with Crippen molar-refractivity contribution in [3.05, 3.63) is 57.4 Å². The molecular weight excluding hydrogens is 435 g/mol. The standard InChI is InChI=1S/C20H16Cl2N2O4S/c1-10(19(26)24-14-6-4-13(5-7-14)23-11(2)25)28-20(27)18-17(22)15-8-3-12(21)9-16(15)29-18/h3-10H,1-2H3,(H,23,25)(H,24,26). The summed E-state index contributed by atoms with van der Waals surface area (Å²) in [6.07, 6.45) is -1.04. The van der Waals surface area contributed by atoms with Crippen LogP contribution in [0.4, 0.5) is 11.4 Å². The molecule has 1 heterocycles. The lowest BCUT2D eigenvalue weighted by atomic mass is 10.2. The van der Waals surface area contributed by atoms with Crippen LogP contribution in [0, 0.1) is 0 Å². The molecule has 2 aromatic carbocycles. The van der Waals surface area contributed by atoms with Crippen molar-refractivity contribution in [1.29, 1.82) is 0 Å². The van der Waals surface area contributed by atoms with Crippen LogP contribution in [-0.2, 0) is 14.3 Å². The Morgan fingerprint density at radius 2 is 1.62 bits per heavy atom. The van der Waals surface area contributed by atoms with Gasteiger partial charge in [0.05, 0.1) is 5.02 Å². The van der Waals surface area contributed by atoms with Crippen LogP contribution in [0.1, 0.15) is 23.5 Å². The van der Waals surface area contributed by atoms with Crippen LogP contribution in [0.5, 0.6) is 0 Å². The molecule has 0 aliphatic rings. The third-order valence-corrected chi connectivity index (χ3v) is 5.78. The summed E-state index contributed by atoms with van der Waals surface area (Å²) >= 11 is 13.4. The largest absolute Gasteiger partial charge is 0.448 e. The Labute approximate surface area is 180 Å². The Bertz CT molecular complexity index is 1100. The van der Waals surface area contributed by atoms with Crippen molar-refractivity contribution in [1.82, 2.24) is 0 Å². The van der Waals surface area contributed by atoms with Crippen LogP contribution >= 0.6 is 34.5 Å². The first-order valence-electron chi connectivity index (χ1n) is 8.51. The monoisotopic (exact) mass is 450 g/mol. The molecule has 0 aliphatic heterocycles. The second kappa shape index (κ2) is 8.82. The van der Waals surface area contributed by atoms with Crippen LogP contribution in [0.2, 0.25) is 10.0 Å². The van der Waals surface area contributed by atoms with Crippen LogP contribution in [0.25, 0.3) is 10.1 Å². The van der Waals surface area contributed by atoms with E-state index in [-0.39, 0.29) is 15.8 Å². The average molecular weight is 451 g/mol. The number of fused-ring (bicyclic) bond motifs is 1. The summed E-state index contributed by atoms with van der Waals surface area (Å²) < 4.78 is 6.03. The van der Waals surface area contributed by atoms with Gasteiger partial charge in [-0.05, 0) is 43.3 Å². The summed E-state index contributed by atoms with van der Waals surface area (Å²) in [4.78, 5) is 36.1. The molecule has 3 aromatic rings. The molecule has 1 atom stereocenters. The van der Waals surface area contributed by atoms with E-state index < -0.39 is 18.0 Å². The molecule has 0 saturated heterocycles. The molecule has 0 saturated carbocycles. The maximum absolute atomic E-state index is 12.5. The van der Waals surface area contributed by atoms with E-state index in [1.165, 1.54) is 13.8 Å². The highest BCUT2D eigenvalue weighted by molar-refractivity contribution is 7.21. The highest BCUT2D eigenvalue weighted by atomic mass is 35.5. The van der Waals surface area contributed by atoms with Gasteiger partial charge in [0.15, 0.2) is 6.10 Å². The van der Waals surface area contributed by atoms with Crippen LogP contribution in [0.3, 0.4) is 0 Å². The summed E-state index contributed by atoms with van der Waals surface area (Å²) in [5, 5.41) is 6.79. The molecular formula is C20H16Cl2N2O4S. The average Bonchev–Trinajstić information content (AvgIpc) is 2.98. The number of carbonyl (C=O) groups is 3. The van der Waals surface area contributed by atoms with Gasteiger partial charge in [-0.2, -0.15) is 0 Å². The number of esters is 1. The first-order chi connectivity index (χ1) is 13.7. The summed E-state index contributed by atoms with van der Waals surface area (Å²) in [5.74, 6) is -1.37. The molecule has 0 fully saturated rings. The fraction of sp³-hybridized carbons (Fsp3) is 0.150. The fourth-order valence-electron chi connectivity index (χ4n) is 2.52. The Hall–Kier alpha value is -2.61. The Kier molecular flexibility index (Phi) is 6.42.